The standard InChI is InChI=1S/C15H23BrN2O2/c1-3-8-18-10-12(16)9-13(18)14(19)17(2)11-15(20)6-4-5-7-15/h9-10,20H,3-8,11H2,1-2H3. The third-order valence-electron chi connectivity index (χ3n) is 3.96. The Morgan fingerprint density at radius 3 is 2.75 bits per heavy atom. The summed E-state index contributed by atoms with van der Waals surface area (Å²) in [7, 11) is 1.77. The number of carbonyl (C=O) groups excluding carboxylic acids is 1. The Hall–Kier alpha value is -0.810. The molecule has 1 aliphatic rings. The van der Waals surface area contributed by atoms with Crippen LogP contribution in [0.4, 0.5) is 0 Å². The molecular formula is C15H23BrN2O2. The number of aryl methyl sites for hydroxylation is 1. The fraction of sp³-hybridized carbons (Fsp3) is 0.667. The van der Waals surface area contributed by atoms with E-state index in [4.69, 9.17) is 0 Å². The van der Waals surface area contributed by atoms with Crippen LogP contribution in [0.25, 0.3) is 0 Å². The minimum absolute atomic E-state index is 0.0236. The number of aliphatic hydroxyl groups is 1. The molecule has 1 heterocycles. The summed E-state index contributed by atoms with van der Waals surface area (Å²) in [6.45, 7) is 3.33. The molecule has 1 aromatic rings. The molecular weight excluding hydrogens is 320 g/mol. The quantitative estimate of drug-likeness (QED) is 0.893. The van der Waals surface area contributed by atoms with Gasteiger partial charge >= 0.3 is 0 Å². The Balaban J connectivity index is 2.10. The van der Waals surface area contributed by atoms with E-state index in [2.05, 4.69) is 22.9 Å². The van der Waals surface area contributed by atoms with Crippen LogP contribution in [0.3, 0.4) is 0 Å². The van der Waals surface area contributed by atoms with E-state index in [0.29, 0.717) is 12.2 Å². The minimum atomic E-state index is -0.691. The van der Waals surface area contributed by atoms with Crippen LogP contribution in [0.2, 0.25) is 0 Å². The van der Waals surface area contributed by atoms with Crippen LogP contribution in [0.1, 0.15) is 49.5 Å². The lowest BCUT2D eigenvalue weighted by Gasteiger charge is -2.28. The second-order valence-corrected chi connectivity index (χ2v) is 6.75. The van der Waals surface area contributed by atoms with E-state index in [1.807, 2.05) is 16.8 Å². The van der Waals surface area contributed by atoms with Gasteiger partial charge in [0.05, 0.1) is 5.60 Å². The zero-order valence-electron chi connectivity index (χ0n) is 12.2. The summed E-state index contributed by atoms with van der Waals surface area (Å²) in [5.74, 6) is -0.0236. The molecule has 112 valence electrons. The van der Waals surface area contributed by atoms with Gasteiger partial charge in [0.2, 0.25) is 0 Å². The topological polar surface area (TPSA) is 45.5 Å². The van der Waals surface area contributed by atoms with Gasteiger partial charge in [-0.05, 0) is 41.3 Å². The zero-order chi connectivity index (χ0) is 14.8. The molecule has 5 heteroatoms. The smallest absolute Gasteiger partial charge is 0.270 e. The van der Waals surface area contributed by atoms with E-state index in [1.165, 1.54) is 0 Å². The molecule has 1 fully saturated rings. The van der Waals surface area contributed by atoms with Crippen LogP contribution in [0.15, 0.2) is 16.7 Å². The normalized spacial score (nSPS) is 17.4. The van der Waals surface area contributed by atoms with Crippen molar-refractivity contribution < 1.29 is 9.90 Å². The summed E-state index contributed by atoms with van der Waals surface area (Å²) in [5, 5.41) is 10.4. The van der Waals surface area contributed by atoms with Crippen molar-refractivity contribution in [2.75, 3.05) is 13.6 Å². The van der Waals surface area contributed by atoms with Gasteiger partial charge in [-0.3, -0.25) is 4.79 Å². The Bertz CT molecular complexity index is 478. The molecule has 1 amide bonds. The van der Waals surface area contributed by atoms with E-state index in [9.17, 15) is 9.90 Å². The van der Waals surface area contributed by atoms with Crippen LogP contribution in [0, 0.1) is 0 Å². The molecule has 0 atom stereocenters. The lowest BCUT2D eigenvalue weighted by Crippen LogP contribution is -2.42. The highest BCUT2D eigenvalue weighted by Gasteiger charge is 2.34. The third kappa shape index (κ3) is 3.44. The molecule has 0 saturated heterocycles. The van der Waals surface area contributed by atoms with Gasteiger partial charge in [0.25, 0.3) is 5.91 Å². The van der Waals surface area contributed by atoms with Crippen molar-refractivity contribution in [3.63, 3.8) is 0 Å². The molecule has 2 rings (SSSR count). The summed E-state index contributed by atoms with van der Waals surface area (Å²) in [4.78, 5) is 14.2. The van der Waals surface area contributed by atoms with Crippen LogP contribution >= 0.6 is 15.9 Å². The number of halogens is 1. The SMILES string of the molecule is CCCn1cc(Br)cc1C(=O)N(C)CC1(O)CCCC1. The Labute approximate surface area is 128 Å². The number of aromatic nitrogens is 1. The number of likely N-dealkylation sites (N-methyl/N-ethyl adjacent to an activating group) is 1. The number of hydrogen-bond donors (Lipinski definition) is 1. The van der Waals surface area contributed by atoms with Gasteiger partial charge in [0, 0.05) is 30.8 Å². The van der Waals surface area contributed by atoms with Crippen LogP contribution in [-0.2, 0) is 6.54 Å². The van der Waals surface area contributed by atoms with Crippen LogP contribution in [0.5, 0.6) is 0 Å². The molecule has 20 heavy (non-hydrogen) atoms. The van der Waals surface area contributed by atoms with E-state index in [0.717, 1.165) is 43.1 Å². The molecule has 1 saturated carbocycles. The second kappa shape index (κ2) is 6.31. The maximum Gasteiger partial charge on any atom is 0.270 e. The first-order valence-electron chi connectivity index (χ1n) is 7.29. The fourth-order valence-electron chi connectivity index (χ4n) is 2.98. The van der Waals surface area contributed by atoms with Crippen molar-refractivity contribution in [2.45, 2.75) is 51.2 Å². The minimum Gasteiger partial charge on any atom is -0.388 e. The third-order valence-corrected chi connectivity index (χ3v) is 4.39. The van der Waals surface area contributed by atoms with Gasteiger partial charge in [0.1, 0.15) is 5.69 Å². The molecule has 0 unspecified atom stereocenters. The molecule has 0 aliphatic heterocycles. The largest absolute Gasteiger partial charge is 0.388 e. The Morgan fingerprint density at radius 2 is 2.15 bits per heavy atom. The van der Waals surface area contributed by atoms with Gasteiger partial charge in [-0.2, -0.15) is 0 Å². The first kappa shape index (κ1) is 15.6. The van der Waals surface area contributed by atoms with Gasteiger partial charge in [-0.1, -0.05) is 19.8 Å². The molecule has 1 aliphatic carbocycles. The average molecular weight is 343 g/mol. The maximum atomic E-state index is 12.6. The summed E-state index contributed by atoms with van der Waals surface area (Å²) >= 11 is 3.43. The monoisotopic (exact) mass is 342 g/mol. The Morgan fingerprint density at radius 1 is 1.50 bits per heavy atom. The van der Waals surface area contributed by atoms with E-state index < -0.39 is 5.60 Å². The predicted molar refractivity (Wildman–Crippen MR) is 82.8 cm³/mol. The van der Waals surface area contributed by atoms with E-state index in [-0.39, 0.29) is 5.91 Å². The number of hydrogen-bond acceptors (Lipinski definition) is 2. The summed E-state index contributed by atoms with van der Waals surface area (Å²) < 4.78 is 2.89. The molecule has 0 aromatic carbocycles. The second-order valence-electron chi connectivity index (χ2n) is 5.83. The van der Waals surface area contributed by atoms with Crippen molar-refractivity contribution in [3.05, 3.63) is 22.4 Å². The maximum absolute atomic E-state index is 12.6. The molecule has 0 radical (unpaired) electrons. The lowest BCUT2D eigenvalue weighted by atomic mass is 10.0. The summed E-state index contributed by atoms with van der Waals surface area (Å²) in [6.07, 6.45) is 6.62. The highest BCUT2D eigenvalue weighted by atomic mass is 79.9. The van der Waals surface area contributed by atoms with Crippen LogP contribution < -0.4 is 0 Å². The molecule has 0 spiro atoms. The van der Waals surface area contributed by atoms with Gasteiger partial charge in [-0.25, -0.2) is 0 Å². The molecule has 4 nitrogen and oxygen atoms in total. The predicted octanol–water partition coefficient (Wildman–Crippen LogP) is 3.04. The highest BCUT2D eigenvalue weighted by molar-refractivity contribution is 9.10. The summed E-state index contributed by atoms with van der Waals surface area (Å²) in [6, 6.07) is 1.85. The summed E-state index contributed by atoms with van der Waals surface area (Å²) in [5.41, 5.74) is -0.00749. The number of carbonyl (C=O) groups is 1. The van der Waals surface area contributed by atoms with Gasteiger partial charge in [0.15, 0.2) is 0 Å². The van der Waals surface area contributed by atoms with Crippen molar-refractivity contribution in [1.29, 1.82) is 0 Å². The molecule has 0 bridgehead atoms. The fourth-order valence-corrected chi connectivity index (χ4v) is 3.44. The van der Waals surface area contributed by atoms with E-state index >= 15 is 0 Å². The van der Waals surface area contributed by atoms with Gasteiger partial charge < -0.3 is 14.6 Å². The highest BCUT2D eigenvalue weighted by Crippen LogP contribution is 2.30. The van der Waals surface area contributed by atoms with Crippen molar-refractivity contribution in [3.8, 4) is 0 Å². The zero-order valence-corrected chi connectivity index (χ0v) is 13.8. The van der Waals surface area contributed by atoms with E-state index in [1.54, 1.807) is 11.9 Å². The number of amides is 1. The molecule has 1 N–H and O–H groups in total. The number of nitrogens with zero attached hydrogens (tertiary/aromatic N) is 2. The lowest BCUT2D eigenvalue weighted by molar-refractivity contribution is 0.0153. The first-order valence-corrected chi connectivity index (χ1v) is 8.08. The molecule has 1 aromatic heterocycles. The van der Waals surface area contributed by atoms with Gasteiger partial charge in [-0.15, -0.1) is 0 Å². The van der Waals surface area contributed by atoms with Crippen LogP contribution in [-0.4, -0.2) is 39.7 Å². The number of rotatable bonds is 5. The van der Waals surface area contributed by atoms with Crippen molar-refractivity contribution >= 4 is 21.8 Å². The average Bonchev–Trinajstić information content (AvgIpc) is 2.95. The Kier molecular flexibility index (Phi) is 4.91. The first-order chi connectivity index (χ1) is 9.45. The van der Waals surface area contributed by atoms with Crippen molar-refractivity contribution in [1.82, 2.24) is 9.47 Å². The van der Waals surface area contributed by atoms with Crippen molar-refractivity contribution in [2.24, 2.45) is 0 Å².